The van der Waals surface area contributed by atoms with Crippen LogP contribution in [0.15, 0.2) is 60.7 Å². The highest BCUT2D eigenvalue weighted by Crippen LogP contribution is 2.47. The summed E-state index contributed by atoms with van der Waals surface area (Å²) < 4.78 is 14.5. The zero-order chi connectivity index (χ0) is 27.8. The Morgan fingerprint density at radius 2 is 1.37 bits per heavy atom. The van der Waals surface area contributed by atoms with E-state index in [1.54, 1.807) is 0 Å². The van der Waals surface area contributed by atoms with E-state index in [0.717, 1.165) is 36.8 Å². The van der Waals surface area contributed by atoms with Gasteiger partial charge in [-0.2, -0.15) is 0 Å². The Bertz CT molecular complexity index is 1000. The molecule has 0 aliphatic carbocycles. The highest BCUT2D eigenvalue weighted by Gasteiger charge is 2.57. The predicted octanol–water partition coefficient (Wildman–Crippen LogP) is 5.50. The lowest BCUT2D eigenvalue weighted by atomic mass is 9.85. The van der Waals surface area contributed by atoms with Gasteiger partial charge < -0.3 is 26.4 Å². The molecule has 6 heteroatoms. The summed E-state index contributed by atoms with van der Waals surface area (Å²) in [7, 11) is 0. The molecule has 3 unspecified atom stereocenters. The number of benzene rings is 2. The van der Waals surface area contributed by atoms with Gasteiger partial charge in [0, 0.05) is 38.5 Å². The number of hydrogen-bond acceptors (Lipinski definition) is 3. The van der Waals surface area contributed by atoms with E-state index in [2.05, 4.69) is 6.92 Å². The van der Waals surface area contributed by atoms with Crippen molar-refractivity contribution in [1.29, 1.82) is 0 Å². The maximum Gasteiger partial charge on any atom is 0.348 e. The zero-order valence-corrected chi connectivity index (χ0v) is 26.3. The molecule has 0 amide bonds. The Morgan fingerprint density at radius 1 is 0.854 bits per heavy atom. The van der Waals surface area contributed by atoms with Crippen LogP contribution in [0.25, 0.3) is 0 Å². The molecule has 226 valence electrons. The first-order valence-electron chi connectivity index (χ1n) is 16.1. The van der Waals surface area contributed by atoms with E-state index in [-0.39, 0.29) is 24.5 Å². The first-order chi connectivity index (χ1) is 19.6. The number of halogens is 2. The Labute approximate surface area is 259 Å². The van der Waals surface area contributed by atoms with Crippen molar-refractivity contribution in [2.75, 3.05) is 13.1 Å². The van der Waals surface area contributed by atoms with Gasteiger partial charge in [-0.1, -0.05) is 118 Å². The third-order valence-electron chi connectivity index (χ3n) is 10.0. The summed E-state index contributed by atoms with van der Waals surface area (Å²) in [6.45, 7) is 4.86. The monoisotopic (exact) mass is 601 g/mol. The number of carbonyl (C=O) groups is 1. The second kappa shape index (κ2) is 15.2. The molecule has 3 atom stereocenters. The number of rotatable bonds is 14. The number of quaternary nitrogens is 1. The largest absolute Gasteiger partial charge is 1.00 e. The fourth-order valence-corrected chi connectivity index (χ4v) is 8.27. The summed E-state index contributed by atoms with van der Waals surface area (Å²) in [4.78, 5) is 14.5. The van der Waals surface area contributed by atoms with E-state index in [0.29, 0.717) is 18.5 Å². The minimum atomic E-state index is -1.40. The second-order valence-corrected chi connectivity index (χ2v) is 13.0. The summed E-state index contributed by atoms with van der Waals surface area (Å²) in [6.07, 6.45) is 16.3. The third-order valence-corrected chi connectivity index (χ3v) is 10.3. The lowest BCUT2D eigenvalue weighted by Crippen LogP contribution is -3.00. The molecule has 2 bridgehead atoms. The van der Waals surface area contributed by atoms with Crippen molar-refractivity contribution in [3.8, 4) is 0 Å². The molecule has 2 aromatic carbocycles. The van der Waals surface area contributed by atoms with Crippen molar-refractivity contribution >= 4 is 17.6 Å². The number of alkyl halides is 1. The average Bonchev–Trinajstić information content (AvgIpc) is 3.53. The quantitative estimate of drug-likeness (QED) is 0.124. The first kappa shape index (κ1) is 32.3. The van der Waals surface area contributed by atoms with E-state index in [1.807, 2.05) is 60.7 Å². The van der Waals surface area contributed by atoms with Crippen LogP contribution in [-0.4, -0.2) is 47.3 Å². The number of piperidine rings is 1. The standard InChI is InChI=1S/C35H49ClNO3.ClH/c1-2-3-4-5-6-7-14-21-33(36)40-35(28-17-10-8-11-18-28,29-19-12-9-13-20-29)34(38)39-32-26-30-22-23-31(27-32)37(30)24-15-16-25-37;/h8-13,17-20,30-33H,2-7,14-16,21-27H2,1H3;1H/q+1;/p-1. The van der Waals surface area contributed by atoms with Gasteiger partial charge in [0.2, 0.25) is 5.60 Å². The Kier molecular flexibility index (Phi) is 12.0. The third kappa shape index (κ3) is 7.15. The SMILES string of the molecule is CCCCCCCCCC(Cl)OC(C(=O)OC1CC2CCC(C1)[N+]21CCCC1)(c1ccccc1)c1ccccc1.[Cl-]. The lowest BCUT2D eigenvalue weighted by molar-refractivity contribution is -0.956. The van der Waals surface area contributed by atoms with Gasteiger partial charge >= 0.3 is 5.97 Å². The van der Waals surface area contributed by atoms with Crippen LogP contribution in [0.2, 0.25) is 0 Å². The van der Waals surface area contributed by atoms with Crippen LogP contribution in [-0.2, 0) is 19.9 Å². The van der Waals surface area contributed by atoms with Crippen LogP contribution in [0.3, 0.4) is 0 Å². The Morgan fingerprint density at radius 3 is 1.90 bits per heavy atom. The molecule has 3 aliphatic rings. The van der Waals surface area contributed by atoms with E-state index in [9.17, 15) is 4.79 Å². The zero-order valence-electron chi connectivity index (χ0n) is 24.8. The molecule has 0 aromatic heterocycles. The van der Waals surface area contributed by atoms with Crippen molar-refractivity contribution in [2.45, 2.75) is 126 Å². The molecule has 3 saturated heterocycles. The number of ether oxygens (including phenoxy) is 2. The summed E-state index contributed by atoms with van der Waals surface area (Å²) in [5, 5.41) is 0. The highest BCUT2D eigenvalue weighted by atomic mass is 35.5. The molecule has 2 aromatic rings. The van der Waals surface area contributed by atoms with Gasteiger partial charge in [0.25, 0.3) is 0 Å². The fourth-order valence-electron chi connectivity index (χ4n) is 7.99. The summed E-state index contributed by atoms with van der Waals surface area (Å²) >= 11 is 6.92. The van der Waals surface area contributed by atoms with Gasteiger partial charge in [-0.05, 0) is 24.0 Å². The number of nitrogens with zero attached hydrogens (tertiary/aromatic N) is 1. The van der Waals surface area contributed by atoms with Crippen molar-refractivity contribution in [1.82, 2.24) is 0 Å². The number of unbranched alkanes of at least 4 members (excludes halogenated alkanes) is 6. The van der Waals surface area contributed by atoms with Gasteiger partial charge in [0.15, 0.2) is 0 Å². The van der Waals surface area contributed by atoms with Gasteiger partial charge in [-0.3, -0.25) is 0 Å². The lowest BCUT2D eigenvalue weighted by Gasteiger charge is -2.47. The molecule has 5 rings (SSSR count). The molecule has 3 aliphatic heterocycles. The van der Waals surface area contributed by atoms with Gasteiger partial charge in [-0.25, -0.2) is 4.79 Å². The number of carbonyl (C=O) groups excluding carboxylic acids is 1. The maximum absolute atomic E-state index is 14.5. The topological polar surface area (TPSA) is 35.5 Å². The van der Waals surface area contributed by atoms with Crippen molar-refractivity contribution < 1.29 is 31.2 Å². The van der Waals surface area contributed by atoms with Gasteiger partial charge in [0.1, 0.15) is 11.7 Å². The van der Waals surface area contributed by atoms with Crippen LogP contribution in [0.5, 0.6) is 0 Å². The van der Waals surface area contributed by atoms with Crippen LogP contribution in [0, 0.1) is 0 Å². The van der Waals surface area contributed by atoms with E-state index in [4.69, 9.17) is 21.1 Å². The van der Waals surface area contributed by atoms with Crippen molar-refractivity contribution in [3.63, 3.8) is 0 Å². The van der Waals surface area contributed by atoms with Gasteiger partial charge in [-0.15, -0.1) is 0 Å². The Hall–Kier alpha value is -1.59. The van der Waals surface area contributed by atoms with E-state index in [1.165, 1.54) is 75.4 Å². The minimum absolute atomic E-state index is 0. The van der Waals surface area contributed by atoms with Crippen LogP contribution < -0.4 is 12.4 Å². The number of hydrogen-bond donors (Lipinski definition) is 0. The van der Waals surface area contributed by atoms with Crippen molar-refractivity contribution in [2.24, 2.45) is 0 Å². The van der Waals surface area contributed by atoms with E-state index >= 15 is 0 Å². The second-order valence-electron chi connectivity index (χ2n) is 12.5. The maximum atomic E-state index is 14.5. The van der Waals surface area contributed by atoms with Crippen LogP contribution in [0.4, 0.5) is 0 Å². The summed E-state index contributed by atoms with van der Waals surface area (Å²) in [5.74, 6) is -0.325. The molecule has 1 spiro atoms. The predicted molar refractivity (Wildman–Crippen MR) is 162 cm³/mol. The molecule has 0 saturated carbocycles. The first-order valence-corrected chi connectivity index (χ1v) is 16.5. The molecular formula is C35H49Cl2NO3. The smallest absolute Gasteiger partial charge is 0.348 e. The molecular weight excluding hydrogens is 553 g/mol. The molecule has 3 heterocycles. The molecule has 0 N–H and O–H groups in total. The molecule has 3 fully saturated rings. The highest BCUT2D eigenvalue weighted by molar-refractivity contribution is 6.19. The molecule has 0 radical (unpaired) electrons. The minimum Gasteiger partial charge on any atom is -1.00 e. The van der Waals surface area contributed by atoms with Crippen molar-refractivity contribution in [3.05, 3.63) is 71.8 Å². The summed E-state index contributed by atoms with van der Waals surface area (Å²) in [6, 6.07) is 20.9. The molecule has 41 heavy (non-hydrogen) atoms. The number of esters is 1. The summed E-state index contributed by atoms with van der Waals surface area (Å²) in [5.41, 5.74) is -0.437. The fraction of sp³-hybridized carbons (Fsp3) is 0.629. The van der Waals surface area contributed by atoms with Gasteiger partial charge in [0.05, 0.1) is 25.2 Å². The normalized spacial score (nSPS) is 23.7. The Balaban J connectivity index is 0.00000387. The van der Waals surface area contributed by atoms with E-state index < -0.39 is 11.2 Å². The average molecular weight is 603 g/mol. The van der Waals surface area contributed by atoms with Crippen LogP contribution >= 0.6 is 11.6 Å². The van der Waals surface area contributed by atoms with Crippen LogP contribution in [0.1, 0.15) is 108 Å². The molecule has 4 nitrogen and oxygen atoms in total.